The number of hydrogen-bond acceptors (Lipinski definition) is 6. The minimum atomic E-state index is -0.825. The van der Waals surface area contributed by atoms with Gasteiger partial charge in [0.2, 0.25) is 11.8 Å². The summed E-state index contributed by atoms with van der Waals surface area (Å²) in [7, 11) is 0. The molecule has 1 saturated heterocycles. The van der Waals surface area contributed by atoms with Crippen LogP contribution in [0.3, 0.4) is 0 Å². The van der Waals surface area contributed by atoms with E-state index in [4.69, 9.17) is 4.74 Å². The van der Waals surface area contributed by atoms with Gasteiger partial charge in [0.1, 0.15) is 18.5 Å². The molecule has 2 N–H and O–H groups in total. The van der Waals surface area contributed by atoms with E-state index in [1.807, 2.05) is 35.1 Å². The molecule has 2 aromatic carbocycles. The van der Waals surface area contributed by atoms with Crippen LogP contribution in [0, 0.1) is 5.82 Å². The van der Waals surface area contributed by atoms with Crippen LogP contribution in [0.25, 0.3) is 10.9 Å². The smallest absolute Gasteiger partial charge is 0.407 e. The van der Waals surface area contributed by atoms with Crippen LogP contribution < -0.4 is 10.6 Å². The second-order valence-corrected chi connectivity index (χ2v) is 9.66. The SMILES string of the molecule is O=C1CCC(N2Cc3ccc(COC(=O)NC4CC(n5ncc6ccccc65)C4)c(F)c3C2=O)C(=O)N1. The predicted molar refractivity (Wildman–Crippen MR) is 128 cm³/mol. The van der Waals surface area contributed by atoms with E-state index in [-0.39, 0.29) is 55.1 Å². The molecule has 1 aliphatic carbocycles. The van der Waals surface area contributed by atoms with E-state index in [1.54, 1.807) is 6.07 Å². The van der Waals surface area contributed by atoms with Crippen molar-refractivity contribution in [2.45, 2.75) is 57.0 Å². The number of fused-ring (bicyclic) bond motifs is 2. The van der Waals surface area contributed by atoms with Crippen LogP contribution in [0.4, 0.5) is 9.18 Å². The number of rotatable bonds is 5. The molecule has 1 saturated carbocycles. The highest BCUT2D eigenvalue weighted by molar-refractivity contribution is 6.05. The number of aromatic nitrogens is 2. The van der Waals surface area contributed by atoms with E-state index < -0.39 is 29.8 Å². The third kappa shape index (κ3) is 4.09. The van der Waals surface area contributed by atoms with Crippen molar-refractivity contribution in [3.63, 3.8) is 0 Å². The van der Waals surface area contributed by atoms with Gasteiger partial charge in [0.15, 0.2) is 0 Å². The van der Waals surface area contributed by atoms with Gasteiger partial charge < -0.3 is 15.0 Å². The molecule has 0 radical (unpaired) electrons. The molecular weight excluding hydrogens is 481 g/mol. The van der Waals surface area contributed by atoms with Crippen molar-refractivity contribution in [1.29, 1.82) is 0 Å². The lowest BCUT2D eigenvalue weighted by atomic mass is 9.87. The summed E-state index contributed by atoms with van der Waals surface area (Å²) in [6.07, 6.45) is 2.89. The number of amides is 4. The number of ether oxygens (including phenoxy) is 1. The lowest BCUT2D eigenvalue weighted by molar-refractivity contribution is -0.136. The number of carbonyl (C=O) groups is 4. The van der Waals surface area contributed by atoms with Gasteiger partial charge in [-0.25, -0.2) is 9.18 Å². The Labute approximate surface area is 210 Å². The summed E-state index contributed by atoms with van der Waals surface area (Å²) in [6, 6.07) is 10.3. The molecule has 1 aromatic heterocycles. The average Bonchev–Trinajstić information content (AvgIpc) is 3.42. The molecule has 3 aliphatic rings. The zero-order valence-electron chi connectivity index (χ0n) is 19.8. The van der Waals surface area contributed by atoms with E-state index in [0.717, 1.165) is 10.9 Å². The van der Waals surface area contributed by atoms with Gasteiger partial charge in [-0.05, 0) is 30.9 Å². The van der Waals surface area contributed by atoms with Gasteiger partial charge in [0, 0.05) is 30.0 Å². The molecular formula is C26H24FN5O5. The van der Waals surface area contributed by atoms with Crippen LogP contribution in [0.2, 0.25) is 0 Å². The van der Waals surface area contributed by atoms with Crippen molar-refractivity contribution < 1.29 is 28.3 Å². The quantitative estimate of drug-likeness (QED) is 0.514. The zero-order valence-corrected chi connectivity index (χ0v) is 19.8. The molecule has 2 fully saturated rings. The fraction of sp³-hybridized carbons (Fsp3) is 0.346. The summed E-state index contributed by atoms with van der Waals surface area (Å²) in [6.45, 7) is -0.260. The average molecular weight is 506 g/mol. The molecule has 1 unspecified atom stereocenters. The molecule has 6 rings (SSSR count). The third-order valence-electron chi connectivity index (χ3n) is 7.35. The van der Waals surface area contributed by atoms with Crippen molar-refractivity contribution in [2.24, 2.45) is 0 Å². The number of benzene rings is 2. The molecule has 10 nitrogen and oxygen atoms in total. The Hall–Kier alpha value is -4.28. The van der Waals surface area contributed by atoms with Gasteiger partial charge >= 0.3 is 6.09 Å². The first kappa shape index (κ1) is 23.1. The molecule has 11 heteroatoms. The Morgan fingerprint density at radius 1 is 1.16 bits per heavy atom. The van der Waals surface area contributed by atoms with Crippen LogP contribution in [0.1, 0.15) is 53.2 Å². The van der Waals surface area contributed by atoms with Crippen molar-refractivity contribution >= 4 is 34.7 Å². The lowest BCUT2D eigenvalue weighted by Crippen LogP contribution is -2.52. The first-order valence-electron chi connectivity index (χ1n) is 12.2. The van der Waals surface area contributed by atoms with Gasteiger partial charge in [-0.1, -0.05) is 30.3 Å². The first-order chi connectivity index (χ1) is 17.9. The molecule has 4 amide bonds. The predicted octanol–water partition coefficient (Wildman–Crippen LogP) is 2.57. The van der Waals surface area contributed by atoms with Crippen molar-refractivity contribution in [1.82, 2.24) is 25.3 Å². The highest BCUT2D eigenvalue weighted by Crippen LogP contribution is 2.34. The van der Waals surface area contributed by atoms with Gasteiger partial charge in [-0.2, -0.15) is 5.10 Å². The molecule has 3 heterocycles. The van der Waals surface area contributed by atoms with E-state index in [9.17, 15) is 19.2 Å². The number of nitrogens with zero attached hydrogens (tertiary/aromatic N) is 3. The summed E-state index contributed by atoms with van der Waals surface area (Å²) < 4.78 is 22.4. The number of para-hydroxylation sites is 1. The maximum Gasteiger partial charge on any atom is 0.407 e. The Balaban J connectivity index is 1.04. The first-order valence-corrected chi connectivity index (χ1v) is 12.2. The fourth-order valence-corrected chi connectivity index (χ4v) is 5.30. The standard InChI is InChI=1S/C26H24FN5O5/c27-23-16(6-5-15-12-31(25(35)22(15)23)20-7-8-21(33)30-24(20)34)13-37-26(36)29-17-9-18(10-17)32-19-4-2-1-3-14(19)11-28-32/h1-6,11,17-18,20H,7-10,12-13H2,(H,29,36)(H,30,33,34). The van der Waals surface area contributed by atoms with Crippen LogP contribution in [0.15, 0.2) is 42.6 Å². The summed E-state index contributed by atoms with van der Waals surface area (Å²) in [5.41, 5.74) is 1.44. The number of hydrogen-bond donors (Lipinski definition) is 2. The van der Waals surface area contributed by atoms with Crippen LogP contribution in [0.5, 0.6) is 0 Å². The lowest BCUT2D eigenvalue weighted by Gasteiger charge is -2.35. The van der Waals surface area contributed by atoms with Gasteiger partial charge in [0.25, 0.3) is 5.91 Å². The van der Waals surface area contributed by atoms with Crippen LogP contribution in [-0.4, -0.2) is 50.6 Å². The molecule has 37 heavy (non-hydrogen) atoms. The molecule has 3 aromatic rings. The Bertz CT molecular complexity index is 1450. The number of imide groups is 1. The monoisotopic (exact) mass is 505 g/mol. The summed E-state index contributed by atoms with van der Waals surface area (Å²) in [4.78, 5) is 50.2. The van der Waals surface area contributed by atoms with E-state index >= 15 is 4.39 Å². The maximum atomic E-state index is 15.2. The second-order valence-electron chi connectivity index (χ2n) is 9.66. The Kier molecular flexibility index (Phi) is 5.62. The molecule has 0 bridgehead atoms. The minimum absolute atomic E-state index is 0.0712. The van der Waals surface area contributed by atoms with Crippen LogP contribution in [-0.2, 0) is 27.5 Å². The number of alkyl carbamates (subject to hydrolysis) is 1. The van der Waals surface area contributed by atoms with Gasteiger partial charge in [-0.3, -0.25) is 24.4 Å². The maximum absolute atomic E-state index is 15.2. The Morgan fingerprint density at radius 2 is 1.97 bits per heavy atom. The molecule has 190 valence electrons. The minimum Gasteiger partial charge on any atom is -0.445 e. The number of carbonyl (C=O) groups excluding carboxylic acids is 4. The highest BCUT2D eigenvalue weighted by Gasteiger charge is 2.41. The highest BCUT2D eigenvalue weighted by atomic mass is 19.1. The summed E-state index contributed by atoms with van der Waals surface area (Å²) in [5, 5.41) is 10.5. The summed E-state index contributed by atoms with van der Waals surface area (Å²) >= 11 is 0. The van der Waals surface area contributed by atoms with E-state index in [2.05, 4.69) is 15.7 Å². The van der Waals surface area contributed by atoms with Crippen molar-refractivity contribution in [2.75, 3.05) is 0 Å². The second kappa shape index (κ2) is 8.99. The number of piperidine rings is 1. The molecule has 1 atom stereocenters. The third-order valence-corrected chi connectivity index (χ3v) is 7.35. The molecule has 2 aliphatic heterocycles. The van der Waals surface area contributed by atoms with Crippen molar-refractivity contribution in [3.05, 3.63) is 65.1 Å². The largest absolute Gasteiger partial charge is 0.445 e. The zero-order chi connectivity index (χ0) is 25.7. The van der Waals surface area contributed by atoms with Gasteiger partial charge in [0.05, 0.1) is 23.3 Å². The van der Waals surface area contributed by atoms with Gasteiger partial charge in [-0.15, -0.1) is 0 Å². The van der Waals surface area contributed by atoms with E-state index in [0.29, 0.717) is 18.4 Å². The number of halogens is 1. The topological polar surface area (TPSA) is 123 Å². The normalized spacial score (nSPS) is 23.0. The number of nitrogens with one attached hydrogen (secondary N) is 2. The van der Waals surface area contributed by atoms with Crippen LogP contribution >= 0.6 is 0 Å². The fourth-order valence-electron chi connectivity index (χ4n) is 5.30. The van der Waals surface area contributed by atoms with Crippen molar-refractivity contribution in [3.8, 4) is 0 Å². The molecule has 0 spiro atoms. The summed E-state index contributed by atoms with van der Waals surface area (Å²) in [5.74, 6) is -2.32. The van der Waals surface area contributed by atoms with E-state index in [1.165, 1.54) is 11.0 Å². The Morgan fingerprint density at radius 3 is 2.78 bits per heavy atom.